The summed E-state index contributed by atoms with van der Waals surface area (Å²) in [6.07, 6.45) is 5.49. The number of nitrogens with one attached hydrogen (secondary N) is 1. The number of hydrogen-bond acceptors (Lipinski definition) is 6. The number of anilines is 2. The number of esters is 1. The Hall–Kier alpha value is -4.69. The topological polar surface area (TPSA) is 71.8 Å². The zero-order valence-corrected chi connectivity index (χ0v) is 32.4. The number of carbonyl (C=O) groups is 1. The number of aromatic nitrogens is 2. The maximum Gasteiger partial charge on any atom is 0.339 e. The summed E-state index contributed by atoms with van der Waals surface area (Å²) in [7, 11) is 2.10. The van der Waals surface area contributed by atoms with Crippen LogP contribution >= 0.6 is 23.2 Å². The lowest BCUT2D eigenvalue weighted by molar-refractivity contribution is -0.116. The molecule has 53 heavy (non-hydrogen) atoms. The van der Waals surface area contributed by atoms with Crippen LogP contribution in [0.25, 0.3) is 28.1 Å². The molecule has 0 aromatic heterocycles. The highest BCUT2D eigenvalue weighted by Crippen LogP contribution is 2.44. The van der Waals surface area contributed by atoms with Gasteiger partial charge in [-0.3, -0.25) is 9.89 Å². The summed E-state index contributed by atoms with van der Waals surface area (Å²) in [5.41, 5.74) is 9.14. The molecule has 0 radical (unpaired) electrons. The average molecular weight is 747 g/mol. The second kappa shape index (κ2) is 15.3. The fourth-order valence-electron chi connectivity index (χ4n) is 7.73. The van der Waals surface area contributed by atoms with E-state index < -0.39 is 0 Å². The van der Waals surface area contributed by atoms with Crippen molar-refractivity contribution in [2.75, 3.05) is 12.4 Å². The lowest BCUT2D eigenvalue weighted by Crippen LogP contribution is -2.50. The first kappa shape index (κ1) is 36.7. The zero-order chi connectivity index (χ0) is 37.3. The molecule has 1 N–H and O–H groups in total. The summed E-state index contributed by atoms with van der Waals surface area (Å²) in [5.74, 6) is -0.175. The van der Waals surface area contributed by atoms with Crippen molar-refractivity contribution in [3.05, 3.63) is 135 Å². The third-order valence-corrected chi connectivity index (χ3v) is 10.7. The van der Waals surface area contributed by atoms with Gasteiger partial charge in [0.15, 0.2) is 5.72 Å². The van der Waals surface area contributed by atoms with Crippen molar-refractivity contribution < 1.29 is 9.53 Å². The van der Waals surface area contributed by atoms with Crippen LogP contribution in [0, 0.1) is 13.8 Å². The molecule has 8 rings (SSSR count). The van der Waals surface area contributed by atoms with E-state index in [1.807, 2.05) is 92.7 Å². The summed E-state index contributed by atoms with van der Waals surface area (Å²) < 4.78 is 8.17. The summed E-state index contributed by atoms with van der Waals surface area (Å²) >= 11 is 12.2. The van der Waals surface area contributed by atoms with Crippen LogP contribution in [0.3, 0.4) is 0 Å². The van der Waals surface area contributed by atoms with Crippen molar-refractivity contribution in [1.29, 1.82) is 0 Å². The highest BCUT2D eigenvalue weighted by atomic mass is 35.5. The SMILES string of the molecule is CC(C)/N=c1\cc2n(-c3ccc(Cl)cc3)c3ccccc3nc-2cc1Nc1ccc(Cl)cc1.Cc1cc(C)cc(C(=O)O[C@]23CCC[C@H](CC2)N3C)c1. The number of aryl methyl sites for hydroxylation is 2. The van der Waals surface area contributed by atoms with Crippen LogP contribution in [0.1, 0.15) is 67.4 Å². The summed E-state index contributed by atoms with van der Waals surface area (Å²) in [4.78, 5) is 24.7. The number of ether oxygens (including phenoxy) is 1. The van der Waals surface area contributed by atoms with Crippen molar-refractivity contribution in [3.63, 3.8) is 0 Å². The van der Waals surface area contributed by atoms with Gasteiger partial charge in [-0.2, -0.15) is 0 Å². The molecular weight excluding hydrogens is 701 g/mol. The van der Waals surface area contributed by atoms with E-state index in [-0.39, 0.29) is 17.7 Å². The smallest absolute Gasteiger partial charge is 0.339 e. The van der Waals surface area contributed by atoms with Crippen LogP contribution in [0.4, 0.5) is 11.4 Å². The summed E-state index contributed by atoms with van der Waals surface area (Å²) in [6.45, 7) is 8.17. The molecule has 0 spiro atoms. The van der Waals surface area contributed by atoms with Gasteiger partial charge >= 0.3 is 5.97 Å². The molecule has 2 saturated heterocycles. The average Bonchev–Trinajstić information content (AvgIpc) is 3.27. The number of carbonyl (C=O) groups excluding carboxylic acids is 1. The number of halogens is 2. The quantitative estimate of drug-likeness (QED) is 0.136. The maximum absolute atomic E-state index is 12.5. The van der Waals surface area contributed by atoms with Gasteiger partial charge in [0.2, 0.25) is 0 Å². The first-order chi connectivity index (χ1) is 25.5. The summed E-state index contributed by atoms with van der Waals surface area (Å²) in [6, 6.07) is 34.4. The van der Waals surface area contributed by atoms with Gasteiger partial charge in [0.25, 0.3) is 0 Å². The van der Waals surface area contributed by atoms with Gasteiger partial charge in [0.05, 0.1) is 39.0 Å². The lowest BCUT2D eigenvalue weighted by Gasteiger charge is -2.41. The summed E-state index contributed by atoms with van der Waals surface area (Å²) in [5, 5.41) is 5.76. The minimum absolute atomic E-state index is 0.130. The highest BCUT2D eigenvalue weighted by Gasteiger charge is 2.49. The minimum Gasteiger partial charge on any atom is -0.440 e. The number of hydrogen-bond donors (Lipinski definition) is 1. The molecular formula is C44H45Cl2N5O2. The van der Waals surface area contributed by atoms with Crippen LogP contribution in [-0.2, 0) is 4.74 Å². The van der Waals surface area contributed by atoms with Gasteiger partial charge in [-0.25, -0.2) is 9.78 Å². The molecule has 3 aliphatic heterocycles. The van der Waals surface area contributed by atoms with Crippen LogP contribution in [-0.4, -0.2) is 45.3 Å². The Morgan fingerprint density at radius 3 is 2.26 bits per heavy atom. The normalized spacial score (nSPS) is 18.6. The van der Waals surface area contributed by atoms with Gasteiger partial charge in [-0.1, -0.05) is 52.5 Å². The second-order valence-corrected chi connectivity index (χ2v) is 15.4. The van der Waals surface area contributed by atoms with E-state index in [2.05, 4.69) is 59.9 Å². The first-order valence-electron chi connectivity index (χ1n) is 18.3. The zero-order valence-electron chi connectivity index (χ0n) is 30.9. The van der Waals surface area contributed by atoms with Gasteiger partial charge in [0.1, 0.15) is 0 Å². The first-order valence-corrected chi connectivity index (χ1v) is 19.1. The molecule has 7 nitrogen and oxygen atoms in total. The Balaban J connectivity index is 0.000000186. The monoisotopic (exact) mass is 745 g/mol. The minimum atomic E-state index is -0.350. The number of para-hydroxylation sites is 2. The molecule has 0 amide bonds. The van der Waals surface area contributed by atoms with E-state index in [9.17, 15) is 4.79 Å². The lowest BCUT2D eigenvalue weighted by atomic mass is 10.00. The second-order valence-electron chi connectivity index (χ2n) is 14.5. The fraction of sp³-hybridized carbons (Fsp3) is 0.295. The Morgan fingerprint density at radius 1 is 0.887 bits per heavy atom. The largest absolute Gasteiger partial charge is 0.440 e. The van der Waals surface area contributed by atoms with Crippen molar-refractivity contribution in [1.82, 2.24) is 14.5 Å². The number of rotatable bonds is 6. The van der Waals surface area contributed by atoms with Gasteiger partial charge in [-0.15, -0.1) is 0 Å². The maximum atomic E-state index is 12.5. The number of benzene rings is 5. The Labute approximate surface area is 321 Å². The molecule has 2 atom stereocenters. The van der Waals surface area contributed by atoms with Crippen molar-refractivity contribution in [2.45, 2.75) is 77.6 Å². The molecule has 272 valence electrons. The number of nitrogens with zero attached hydrogens (tertiary/aromatic N) is 4. The highest BCUT2D eigenvalue weighted by molar-refractivity contribution is 6.30. The van der Waals surface area contributed by atoms with Gasteiger partial charge in [-0.05, 0) is 139 Å². The molecule has 4 aromatic carbocycles. The fourth-order valence-corrected chi connectivity index (χ4v) is 7.98. The number of fused-ring (bicyclic) bond motifs is 4. The predicted octanol–water partition coefficient (Wildman–Crippen LogP) is 10.9. The van der Waals surface area contributed by atoms with Crippen molar-refractivity contribution in [2.24, 2.45) is 4.99 Å². The third-order valence-electron chi connectivity index (χ3n) is 10.2. The molecule has 0 unspecified atom stereocenters. The van der Waals surface area contributed by atoms with E-state index in [1.165, 1.54) is 6.42 Å². The van der Waals surface area contributed by atoms with Crippen LogP contribution < -0.4 is 10.7 Å². The van der Waals surface area contributed by atoms with Gasteiger partial charge in [0, 0.05) is 46.3 Å². The van der Waals surface area contributed by atoms with Crippen LogP contribution in [0.15, 0.2) is 108 Å². The molecule has 2 bridgehead atoms. The van der Waals surface area contributed by atoms with Crippen molar-refractivity contribution in [3.8, 4) is 17.1 Å². The molecule has 3 heterocycles. The van der Waals surface area contributed by atoms with E-state index in [1.54, 1.807) is 0 Å². The Kier molecular flexibility index (Phi) is 10.6. The van der Waals surface area contributed by atoms with E-state index in [0.717, 1.165) is 81.7 Å². The predicted molar refractivity (Wildman–Crippen MR) is 217 cm³/mol. The third kappa shape index (κ3) is 7.98. The Morgan fingerprint density at radius 2 is 1.57 bits per heavy atom. The molecule has 0 saturated carbocycles. The van der Waals surface area contributed by atoms with E-state index >= 15 is 0 Å². The van der Waals surface area contributed by atoms with Crippen LogP contribution in [0.2, 0.25) is 10.0 Å². The standard InChI is InChI=1S/C27H22Cl2N4.C17H23NO2/c1-17(2)30-24-16-27-25(15-23(24)31-20-11-7-18(28)8-12-20)32-22-5-3-4-6-26(22)33(27)21-13-9-19(29)10-14-21;1-12-9-13(2)11-14(10-12)16(19)20-17-7-4-5-15(6-8-17)18(17)3/h3-17,31H,1-2H3;9-11,15H,4-8H2,1-3H3/b30-24+;/t;15-,17-/m.1/s1. The van der Waals surface area contributed by atoms with Crippen molar-refractivity contribution >= 4 is 51.6 Å². The van der Waals surface area contributed by atoms with E-state index in [4.69, 9.17) is 37.9 Å². The molecule has 2 fully saturated rings. The molecule has 1 aliphatic carbocycles. The van der Waals surface area contributed by atoms with Gasteiger partial charge < -0.3 is 14.6 Å². The van der Waals surface area contributed by atoms with E-state index in [0.29, 0.717) is 21.7 Å². The number of piperidine rings is 1. The Bertz CT molecular complexity index is 2280. The molecule has 4 aromatic rings. The van der Waals surface area contributed by atoms with Crippen LogP contribution in [0.5, 0.6) is 0 Å². The molecule has 4 aliphatic rings. The molecule has 9 heteroatoms.